The molecule has 4 heteroatoms. The number of hydrogen-bond donors (Lipinski definition) is 1. The molecule has 0 saturated carbocycles. The quantitative estimate of drug-likeness (QED) is 0.778. The van der Waals surface area contributed by atoms with Gasteiger partial charge in [-0.05, 0) is 38.4 Å². The molecular formula is C16H27N3O. The molecule has 0 fully saturated rings. The lowest BCUT2D eigenvalue weighted by Gasteiger charge is -2.27. The van der Waals surface area contributed by atoms with E-state index < -0.39 is 0 Å². The van der Waals surface area contributed by atoms with Crippen LogP contribution in [-0.2, 0) is 11.3 Å². The van der Waals surface area contributed by atoms with Crippen molar-refractivity contribution in [1.82, 2.24) is 9.80 Å². The van der Waals surface area contributed by atoms with Crippen LogP contribution in [0.3, 0.4) is 0 Å². The molecule has 1 rings (SSSR count). The predicted molar refractivity (Wildman–Crippen MR) is 84.3 cm³/mol. The molecule has 0 radical (unpaired) electrons. The Morgan fingerprint density at radius 2 is 1.95 bits per heavy atom. The number of carbonyl (C=O) groups is 1. The van der Waals surface area contributed by atoms with Gasteiger partial charge in [-0.3, -0.25) is 9.69 Å². The summed E-state index contributed by atoms with van der Waals surface area (Å²) in [6.45, 7) is 8.23. The van der Waals surface area contributed by atoms with Crippen LogP contribution >= 0.6 is 0 Å². The highest BCUT2D eigenvalue weighted by molar-refractivity contribution is 5.78. The number of benzene rings is 1. The molecule has 1 aromatic carbocycles. The van der Waals surface area contributed by atoms with Gasteiger partial charge in [0.05, 0.1) is 6.54 Å². The molecule has 0 heterocycles. The van der Waals surface area contributed by atoms with E-state index >= 15 is 0 Å². The zero-order valence-corrected chi connectivity index (χ0v) is 13.1. The van der Waals surface area contributed by atoms with Crippen LogP contribution < -0.4 is 5.73 Å². The Morgan fingerprint density at radius 3 is 2.50 bits per heavy atom. The van der Waals surface area contributed by atoms with Gasteiger partial charge in [0, 0.05) is 25.3 Å². The summed E-state index contributed by atoms with van der Waals surface area (Å²) in [5.74, 6) is 0.156. The average molecular weight is 277 g/mol. The van der Waals surface area contributed by atoms with E-state index in [0.717, 1.165) is 30.8 Å². The van der Waals surface area contributed by atoms with Crippen molar-refractivity contribution in [2.24, 2.45) is 0 Å². The Balaban J connectivity index is 2.70. The summed E-state index contributed by atoms with van der Waals surface area (Å²) in [6.07, 6.45) is 1.02. The Labute approximate surface area is 122 Å². The molecule has 112 valence electrons. The maximum Gasteiger partial charge on any atom is 0.236 e. The molecule has 1 aromatic rings. The molecule has 20 heavy (non-hydrogen) atoms. The summed E-state index contributed by atoms with van der Waals surface area (Å²) >= 11 is 0. The first-order valence-electron chi connectivity index (χ1n) is 7.27. The van der Waals surface area contributed by atoms with Crippen LogP contribution in [0.5, 0.6) is 0 Å². The molecule has 1 amide bonds. The molecule has 0 unspecified atom stereocenters. The highest BCUT2D eigenvalue weighted by Gasteiger charge is 2.16. The minimum absolute atomic E-state index is 0.156. The summed E-state index contributed by atoms with van der Waals surface area (Å²) < 4.78 is 0. The molecule has 0 aliphatic heterocycles. The normalized spacial score (nSPS) is 11.1. The zero-order valence-electron chi connectivity index (χ0n) is 13.1. The fourth-order valence-electron chi connectivity index (χ4n) is 2.04. The standard InChI is InChI=1S/C16H27N3O/c1-5-10-19(12-16(20)18(4)13(2)3)11-14-8-6-7-9-15(14)17/h6-9,13H,5,10-12,17H2,1-4H3. The first-order chi connectivity index (χ1) is 9.45. The van der Waals surface area contributed by atoms with Gasteiger partial charge in [0.1, 0.15) is 0 Å². The summed E-state index contributed by atoms with van der Waals surface area (Å²) in [6, 6.07) is 8.07. The van der Waals surface area contributed by atoms with Crippen LogP contribution in [0.25, 0.3) is 0 Å². The van der Waals surface area contributed by atoms with E-state index in [1.54, 1.807) is 4.90 Å². The maximum absolute atomic E-state index is 12.2. The molecule has 0 atom stereocenters. The first kappa shape index (κ1) is 16.5. The van der Waals surface area contributed by atoms with Crippen LogP contribution in [0, 0.1) is 0 Å². The van der Waals surface area contributed by atoms with Crippen molar-refractivity contribution in [1.29, 1.82) is 0 Å². The van der Waals surface area contributed by atoms with Gasteiger partial charge < -0.3 is 10.6 Å². The van der Waals surface area contributed by atoms with Crippen molar-refractivity contribution in [3.63, 3.8) is 0 Å². The van der Waals surface area contributed by atoms with E-state index in [4.69, 9.17) is 5.73 Å². The highest BCUT2D eigenvalue weighted by atomic mass is 16.2. The molecule has 4 nitrogen and oxygen atoms in total. The molecule has 0 aromatic heterocycles. The van der Waals surface area contributed by atoms with E-state index in [1.165, 1.54) is 0 Å². The number of hydrogen-bond acceptors (Lipinski definition) is 3. The molecule has 0 bridgehead atoms. The Kier molecular flexibility index (Phi) is 6.52. The van der Waals surface area contributed by atoms with Gasteiger partial charge in [-0.1, -0.05) is 25.1 Å². The van der Waals surface area contributed by atoms with Crippen molar-refractivity contribution in [2.45, 2.75) is 39.8 Å². The predicted octanol–water partition coefficient (Wildman–Crippen LogP) is 2.35. The fraction of sp³-hybridized carbons (Fsp3) is 0.562. The Morgan fingerprint density at radius 1 is 1.30 bits per heavy atom. The minimum Gasteiger partial charge on any atom is -0.398 e. The third kappa shape index (κ3) is 4.85. The van der Waals surface area contributed by atoms with E-state index in [1.807, 2.05) is 45.2 Å². The lowest BCUT2D eigenvalue weighted by Crippen LogP contribution is -2.41. The second-order valence-electron chi connectivity index (χ2n) is 5.51. The summed E-state index contributed by atoms with van der Waals surface area (Å²) in [7, 11) is 1.86. The molecule has 0 saturated heterocycles. The van der Waals surface area contributed by atoms with Gasteiger partial charge in [-0.15, -0.1) is 0 Å². The van der Waals surface area contributed by atoms with E-state index in [2.05, 4.69) is 11.8 Å². The van der Waals surface area contributed by atoms with Gasteiger partial charge in [0.2, 0.25) is 5.91 Å². The lowest BCUT2D eigenvalue weighted by molar-refractivity contribution is -0.132. The average Bonchev–Trinajstić information content (AvgIpc) is 2.40. The fourth-order valence-corrected chi connectivity index (χ4v) is 2.04. The lowest BCUT2D eigenvalue weighted by atomic mass is 10.1. The Bertz CT molecular complexity index is 431. The number of rotatable bonds is 7. The van der Waals surface area contributed by atoms with Gasteiger partial charge in [0.15, 0.2) is 0 Å². The second kappa shape index (κ2) is 7.90. The van der Waals surface area contributed by atoms with Crippen LogP contribution in [0.1, 0.15) is 32.8 Å². The molecule has 0 aliphatic carbocycles. The third-order valence-electron chi connectivity index (χ3n) is 3.52. The van der Waals surface area contributed by atoms with Gasteiger partial charge in [-0.2, -0.15) is 0 Å². The summed E-state index contributed by atoms with van der Waals surface area (Å²) in [5.41, 5.74) is 7.86. The maximum atomic E-state index is 12.2. The second-order valence-corrected chi connectivity index (χ2v) is 5.51. The molecule has 0 aliphatic rings. The van der Waals surface area contributed by atoms with E-state index in [0.29, 0.717) is 6.54 Å². The van der Waals surface area contributed by atoms with Crippen LogP contribution in [0.2, 0.25) is 0 Å². The SMILES string of the molecule is CCCN(CC(=O)N(C)C(C)C)Cc1ccccc1N. The van der Waals surface area contributed by atoms with Crippen molar-refractivity contribution in [3.05, 3.63) is 29.8 Å². The van der Waals surface area contributed by atoms with Crippen LogP contribution in [0.4, 0.5) is 5.69 Å². The minimum atomic E-state index is 0.156. The van der Waals surface area contributed by atoms with Crippen molar-refractivity contribution >= 4 is 11.6 Å². The Hall–Kier alpha value is -1.55. The van der Waals surface area contributed by atoms with Crippen molar-refractivity contribution < 1.29 is 4.79 Å². The first-order valence-corrected chi connectivity index (χ1v) is 7.27. The largest absolute Gasteiger partial charge is 0.398 e. The topological polar surface area (TPSA) is 49.6 Å². The number of carbonyl (C=O) groups excluding carboxylic acids is 1. The van der Waals surface area contributed by atoms with Gasteiger partial charge in [-0.25, -0.2) is 0 Å². The van der Waals surface area contributed by atoms with Crippen LogP contribution in [0.15, 0.2) is 24.3 Å². The number of para-hydroxylation sites is 1. The highest BCUT2D eigenvalue weighted by Crippen LogP contribution is 2.14. The van der Waals surface area contributed by atoms with Crippen molar-refractivity contribution in [3.8, 4) is 0 Å². The number of nitrogens with zero attached hydrogens (tertiary/aromatic N) is 2. The number of nitrogens with two attached hydrogens (primary N) is 1. The summed E-state index contributed by atoms with van der Waals surface area (Å²) in [4.78, 5) is 16.1. The van der Waals surface area contributed by atoms with Crippen LogP contribution in [-0.4, -0.2) is 41.9 Å². The monoisotopic (exact) mass is 277 g/mol. The molecular weight excluding hydrogens is 250 g/mol. The summed E-state index contributed by atoms with van der Waals surface area (Å²) in [5, 5.41) is 0. The smallest absolute Gasteiger partial charge is 0.236 e. The van der Waals surface area contributed by atoms with Crippen molar-refractivity contribution in [2.75, 3.05) is 25.9 Å². The number of nitrogen functional groups attached to an aromatic ring is 1. The third-order valence-corrected chi connectivity index (χ3v) is 3.52. The van der Waals surface area contributed by atoms with Gasteiger partial charge >= 0.3 is 0 Å². The van der Waals surface area contributed by atoms with Gasteiger partial charge in [0.25, 0.3) is 0 Å². The number of amides is 1. The number of likely N-dealkylation sites (N-methyl/N-ethyl adjacent to an activating group) is 1. The zero-order chi connectivity index (χ0) is 15.1. The molecule has 0 spiro atoms. The number of anilines is 1. The molecule has 2 N–H and O–H groups in total. The van der Waals surface area contributed by atoms with E-state index in [-0.39, 0.29) is 11.9 Å². The van der Waals surface area contributed by atoms with E-state index in [9.17, 15) is 4.79 Å².